The molecule has 0 unspecified atom stereocenters. The lowest BCUT2D eigenvalue weighted by Gasteiger charge is -2.42. The molecule has 126 valence electrons. The van der Waals surface area contributed by atoms with E-state index in [-0.39, 0.29) is 17.4 Å². The number of nitrogens with zero attached hydrogens (tertiary/aromatic N) is 5. The van der Waals surface area contributed by atoms with E-state index < -0.39 is 0 Å². The standard InChI is InChI=1S/C18H17N5O2/c24-16-4-1-3-15-13-7-12(9-23(15)16)8-22(10-13)17(25)14-11-21-6-2-5-19-18(21)20-14/h1-6,11-13H,7-10H2/t12-,13+/m0/s1. The van der Waals surface area contributed by atoms with Gasteiger partial charge in [0.25, 0.3) is 11.5 Å². The minimum atomic E-state index is -0.0630. The third-order valence-corrected chi connectivity index (χ3v) is 5.22. The first-order chi connectivity index (χ1) is 12.2. The predicted octanol–water partition coefficient (Wildman–Crippen LogP) is 1.15. The first-order valence-corrected chi connectivity index (χ1v) is 8.48. The third kappa shape index (κ3) is 2.26. The van der Waals surface area contributed by atoms with Gasteiger partial charge in [-0.2, -0.15) is 0 Å². The van der Waals surface area contributed by atoms with Gasteiger partial charge in [0.05, 0.1) is 0 Å². The maximum Gasteiger partial charge on any atom is 0.274 e. The largest absolute Gasteiger partial charge is 0.336 e. The van der Waals surface area contributed by atoms with Crippen molar-refractivity contribution in [3.63, 3.8) is 0 Å². The summed E-state index contributed by atoms with van der Waals surface area (Å²) < 4.78 is 3.63. The van der Waals surface area contributed by atoms with Crippen LogP contribution in [0.25, 0.3) is 5.78 Å². The molecule has 0 saturated carbocycles. The molecule has 5 heterocycles. The van der Waals surface area contributed by atoms with Crippen molar-refractivity contribution in [3.05, 3.63) is 64.6 Å². The summed E-state index contributed by atoms with van der Waals surface area (Å²) in [6.07, 6.45) is 6.25. The van der Waals surface area contributed by atoms with Gasteiger partial charge in [-0.3, -0.25) is 14.0 Å². The number of amides is 1. The van der Waals surface area contributed by atoms with E-state index in [1.165, 1.54) is 0 Å². The van der Waals surface area contributed by atoms with Crippen molar-refractivity contribution in [2.24, 2.45) is 5.92 Å². The molecule has 0 aliphatic carbocycles. The summed E-state index contributed by atoms with van der Waals surface area (Å²) in [5, 5.41) is 0. The van der Waals surface area contributed by atoms with Gasteiger partial charge < -0.3 is 9.47 Å². The van der Waals surface area contributed by atoms with E-state index in [2.05, 4.69) is 9.97 Å². The molecule has 2 bridgehead atoms. The highest BCUT2D eigenvalue weighted by molar-refractivity contribution is 5.93. The number of pyridine rings is 1. The molecule has 5 rings (SSSR count). The van der Waals surface area contributed by atoms with Crippen LogP contribution >= 0.6 is 0 Å². The first kappa shape index (κ1) is 14.4. The Balaban J connectivity index is 1.46. The lowest BCUT2D eigenvalue weighted by molar-refractivity contribution is 0.0589. The Hall–Kier alpha value is -2.96. The van der Waals surface area contributed by atoms with Crippen LogP contribution in [0.1, 0.15) is 28.5 Å². The summed E-state index contributed by atoms with van der Waals surface area (Å²) in [5.41, 5.74) is 1.51. The van der Waals surface area contributed by atoms with Gasteiger partial charge in [0.2, 0.25) is 5.78 Å². The van der Waals surface area contributed by atoms with Crippen molar-refractivity contribution >= 4 is 11.7 Å². The van der Waals surface area contributed by atoms with Crippen molar-refractivity contribution < 1.29 is 4.79 Å². The second-order valence-electron chi connectivity index (χ2n) is 6.86. The Labute approximate surface area is 143 Å². The number of piperidine rings is 1. The summed E-state index contributed by atoms with van der Waals surface area (Å²) in [6.45, 7) is 1.97. The zero-order valence-corrected chi connectivity index (χ0v) is 13.6. The zero-order chi connectivity index (χ0) is 17.0. The fourth-order valence-corrected chi connectivity index (χ4v) is 4.16. The van der Waals surface area contributed by atoms with E-state index in [0.29, 0.717) is 37.0 Å². The molecule has 1 saturated heterocycles. The molecule has 7 nitrogen and oxygen atoms in total. The first-order valence-electron chi connectivity index (χ1n) is 8.48. The van der Waals surface area contributed by atoms with Gasteiger partial charge in [0.15, 0.2) is 0 Å². The molecule has 7 heteroatoms. The number of hydrogen-bond donors (Lipinski definition) is 0. The summed E-state index contributed by atoms with van der Waals surface area (Å²) in [4.78, 5) is 35.4. The molecule has 2 atom stereocenters. The number of aromatic nitrogens is 4. The topological polar surface area (TPSA) is 72.5 Å². The van der Waals surface area contributed by atoms with Crippen LogP contribution in [-0.2, 0) is 6.54 Å². The maximum absolute atomic E-state index is 12.9. The molecular weight excluding hydrogens is 318 g/mol. The van der Waals surface area contributed by atoms with Crippen molar-refractivity contribution in [2.45, 2.75) is 18.9 Å². The molecule has 0 N–H and O–H groups in total. The second-order valence-corrected chi connectivity index (χ2v) is 6.86. The molecular formula is C18H17N5O2. The molecule has 3 aromatic rings. The van der Waals surface area contributed by atoms with Crippen molar-refractivity contribution in [3.8, 4) is 0 Å². The fourth-order valence-electron chi connectivity index (χ4n) is 4.16. The van der Waals surface area contributed by atoms with E-state index in [4.69, 9.17) is 0 Å². The highest BCUT2D eigenvalue weighted by Gasteiger charge is 2.36. The molecule has 2 aliphatic rings. The van der Waals surface area contributed by atoms with Gasteiger partial charge in [-0.1, -0.05) is 6.07 Å². The van der Waals surface area contributed by atoms with Gasteiger partial charge in [-0.05, 0) is 24.5 Å². The molecule has 0 spiro atoms. The van der Waals surface area contributed by atoms with Crippen LogP contribution in [0.4, 0.5) is 0 Å². The Bertz CT molecular complexity index is 1000. The Morgan fingerprint density at radius 1 is 1.16 bits per heavy atom. The van der Waals surface area contributed by atoms with Crippen LogP contribution in [0, 0.1) is 5.92 Å². The van der Waals surface area contributed by atoms with Crippen LogP contribution in [-0.4, -0.2) is 42.8 Å². The average molecular weight is 335 g/mol. The molecule has 0 aromatic carbocycles. The second kappa shape index (κ2) is 5.27. The Morgan fingerprint density at radius 3 is 2.96 bits per heavy atom. The number of rotatable bonds is 1. The van der Waals surface area contributed by atoms with Gasteiger partial charge in [0.1, 0.15) is 5.69 Å². The number of imidazole rings is 1. The number of likely N-dealkylation sites (tertiary alicyclic amines) is 1. The van der Waals surface area contributed by atoms with Gasteiger partial charge in [-0.25, -0.2) is 9.97 Å². The van der Waals surface area contributed by atoms with Crippen LogP contribution < -0.4 is 5.56 Å². The lowest BCUT2D eigenvalue weighted by atomic mass is 9.83. The molecule has 1 amide bonds. The molecule has 3 aromatic heterocycles. The summed E-state index contributed by atoms with van der Waals surface area (Å²) >= 11 is 0. The minimum Gasteiger partial charge on any atom is -0.336 e. The fraction of sp³-hybridized carbons (Fsp3) is 0.333. The number of fused-ring (bicyclic) bond motifs is 5. The molecule has 2 aliphatic heterocycles. The van der Waals surface area contributed by atoms with E-state index in [9.17, 15) is 9.59 Å². The number of carbonyl (C=O) groups excluding carboxylic acids is 1. The van der Waals surface area contributed by atoms with Gasteiger partial charge >= 0.3 is 0 Å². The smallest absolute Gasteiger partial charge is 0.274 e. The highest BCUT2D eigenvalue weighted by Crippen LogP contribution is 2.35. The van der Waals surface area contributed by atoms with E-state index in [1.807, 2.05) is 33.9 Å². The van der Waals surface area contributed by atoms with E-state index >= 15 is 0 Å². The van der Waals surface area contributed by atoms with Crippen LogP contribution in [0.15, 0.2) is 47.7 Å². The van der Waals surface area contributed by atoms with Crippen LogP contribution in [0.3, 0.4) is 0 Å². The normalized spacial score (nSPS) is 22.0. The minimum absolute atomic E-state index is 0.0541. The van der Waals surface area contributed by atoms with Gasteiger partial charge in [0, 0.05) is 55.9 Å². The van der Waals surface area contributed by atoms with E-state index in [1.54, 1.807) is 22.9 Å². The van der Waals surface area contributed by atoms with Crippen molar-refractivity contribution in [1.82, 2.24) is 23.8 Å². The van der Waals surface area contributed by atoms with Crippen LogP contribution in [0.2, 0.25) is 0 Å². The molecule has 0 radical (unpaired) electrons. The molecule has 25 heavy (non-hydrogen) atoms. The quantitative estimate of drug-likeness (QED) is 0.669. The van der Waals surface area contributed by atoms with Crippen molar-refractivity contribution in [2.75, 3.05) is 13.1 Å². The Kier molecular flexibility index (Phi) is 3.03. The highest BCUT2D eigenvalue weighted by atomic mass is 16.2. The van der Waals surface area contributed by atoms with Crippen molar-refractivity contribution in [1.29, 1.82) is 0 Å². The van der Waals surface area contributed by atoms with E-state index in [0.717, 1.165) is 12.1 Å². The summed E-state index contributed by atoms with van der Waals surface area (Å²) in [6, 6.07) is 7.23. The zero-order valence-electron chi connectivity index (χ0n) is 13.6. The summed E-state index contributed by atoms with van der Waals surface area (Å²) in [7, 11) is 0. The monoisotopic (exact) mass is 335 g/mol. The summed E-state index contributed by atoms with van der Waals surface area (Å²) in [5.74, 6) is 0.984. The third-order valence-electron chi connectivity index (χ3n) is 5.22. The SMILES string of the molecule is O=C(c1cn2cccnc2n1)N1C[C@@H]2C[C@H](C1)c1cccc(=O)n1C2. The predicted molar refractivity (Wildman–Crippen MR) is 90.4 cm³/mol. The lowest BCUT2D eigenvalue weighted by Crippen LogP contribution is -2.49. The molecule has 1 fully saturated rings. The van der Waals surface area contributed by atoms with Gasteiger partial charge in [-0.15, -0.1) is 0 Å². The average Bonchev–Trinajstić information content (AvgIpc) is 3.06. The van der Waals surface area contributed by atoms with Crippen LogP contribution in [0.5, 0.6) is 0 Å². The Morgan fingerprint density at radius 2 is 2.08 bits per heavy atom. The number of carbonyl (C=O) groups is 1. The number of hydrogen-bond acceptors (Lipinski definition) is 4. The maximum atomic E-state index is 12.9.